The molecule has 1 aromatic rings. The molecule has 0 saturated carbocycles. The molecule has 5 nitrogen and oxygen atoms in total. The summed E-state index contributed by atoms with van der Waals surface area (Å²) in [4.78, 5) is 16.2. The Morgan fingerprint density at radius 1 is 1.43 bits per heavy atom. The van der Waals surface area contributed by atoms with Gasteiger partial charge in [0.1, 0.15) is 18.4 Å². The van der Waals surface area contributed by atoms with Crippen molar-refractivity contribution in [1.29, 1.82) is 0 Å². The van der Waals surface area contributed by atoms with Gasteiger partial charge in [-0.25, -0.2) is 0 Å². The third kappa shape index (κ3) is 3.97. The summed E-state index contributed by atoms with van der Waals surface area (Å²) in [5.74, 6) is 0.578. The highest BCUT2D eigenvalue weighted by Crippen LogP contribution is 2.24. The predicted octanol–water partition coefficient (Wildman–Crippen LogP) is 0.868. The van der Waals surface area contributed by atoms with Crippen LogP contribution in [0.1, 0.15) is 23.2 Å². The predicted molar refractivity (Wildman–Crippen MR) is 88.4 cm³/mol. The van der Waals surface area contributed by atoms with Gasteiger partial charge in [-0.1, -0.05) is 11.6 Å². The molecular formula is C17H24ClN2O3+. The van der Waals surface area contributed by atoms with Crippen LogP contribution in [0.5, 0.6) is 5.75 Å². The van der Waals surface area contributed by atoms with Gasteiger partial charge in [-0.15, -0.1) is 0 Å². The Balaban J connectivity index is 1.58. The van der Waals surface area contributed by atoms with Crippen molar-refractivity contribution in [3.8, 4) is 5.75 Å². The molecule has 0 unspecified atom stereocenters. The third-order valence-electron chi connectivity index (χ3n) is 4.69. The number of rotatable bonds is 4. The maximum atomic E-state index is 12.7. The van der Waals surface area contributed by atoms with Gasteiger partial charge in [0, 0.05) is 11.6 Å². The quantitative estimate of drug-likeness (QED) is 0.885. The van der Waals surface area contributed by atoms with E-state index in [2.05, 4.69) is 0 Å². The van der Waals surface area contributed by atoms with Crippen LogP contribution < -0.4 is 9.64 Å². The Hall–Kier alpha value is -1.30. The number of nitrogens with zero attached hydrogens (tertiary/aromatic N) is 1. The second-order valence-corrected chi connectivity index (χ2v) is 6.66. The maximum absolute atomic E-state index is 12.7. The van der Waals surface area contributed by atoms with Gasteiger partial charge >= 0.3 is 0 Å². The number of quaternary nitrogens is 1. The van der Waals surface area contributed by atoms with E-state index in [0.29, 0.717) is 22.4 Å². The smallest absolute Gasteiger partial charge is 0.258 e. The monoisotopic (exact) mass is 339 g/mol. The Labute approximate surface area is 142 Å². The van der Waals surface area contributed by atoms with Crippen molar-refractivity contribution < 1.29 is 19.2 Å². The van der Waals surface area contributed by atoms with Gasteiger partial charge in [-0.3, -0.25) is 4.79 Å². The molecular weight excluding hydrogens is 316 g/mol. The number of ether oxygens (including phenoxy) is 2. The van der Waals surface area contributed by atoms with Crippen molar-refractivity contribution in [3.63, 3.8) is 0 Å². The molecule has 1 aromatic carbocycles. The van der Waals surface area contributed by atoms with Crippen LogP contribution in [0.3, 0.4) is 0 Å². The first-order valence-electron chi connectivity index (χ1n) is 8.25. The minimum atomic E-state index is 0.000478. The van der Waals surface area contributed by atoms with Crippen LogP contribution in [-0.2, 0) is 4.74 Å². The van der Waals surface area contributed by atoms with Gasteiger partial charge in [-0.05, 0) is 31.0 Å². The molecule has 3 rings (SSSR count). The summed E-state index contributed by atoms with van der Waals surface area (Å²) in [5, 5.41) is 0.553. The van der Waals surface area contributed by atoms with E-state index >= 15 is 0 Å². The Morgan fingerprint density at radius 3 is 2.87 bits per heavy atom. The number of hydrogen-bond acceptors (Lipinski definition) is 3. The van der Waals surface area contributed by atoms with Crippen molar-refractivity contribution in [2.24, 2.45) is 0 Å². The van der Waals surface area contributed by atoms with Gasteiger partial charge in [0.15, 0.2) is 0 Å². The largest absolute Gasteiger partial charge is 0.496 e. The molecule has 0 aliphatic carbocycles. The molecule has 23 heavy (non-hydrogen) atoms. The van der Waals surface area contributed by atoms with Crippen LogP contribution in [0, 0.1) is 0 Å². The third-order valence-corrected chi connectivity index (χ3v) is 4.93. The number of methoxy groups -OCH3 is 1. The first-order chi connectivity index (χ1) is 11.2. The molecule has 1 amide bonds. The van der Waals surface area contributed by atoms with Gasteiger partial charge < -0.3 is 19.3 Å². The van der Waals surface area contributed by atoms with Crippen molar-refractivity contribution >= 4 is 17.5 Å². The fraction of sp³-hybridized carbons (Fsp3) is 0.588. The molecule has 126 valence electrons. The lowest BCUT2D eigenvalue weighted by atomic mass is 10.1. The van der Waals surface area contributed by atoms with Crippen molar-refractivity contribution in [3.05, 3.63) is 28.8 Å². The summed E-state index contributed by atoms with van der Waals surface area (Å²) in [7, 11) is 1.57. The highest BCUT2D eigenvalue weighted by molar-refractivity contribution is 6.31. The highest BCUT2D eigenvalue weighted by atomic mass is 35.5. The molecule has 0 bridgehead atoms. The number of amides is 1. The van der Waals surface area contributed by atoms with Crippen LogP contribution in [0.2, 0.25) is 5.02 Å². The number of piperazine rings is 1. The number of nitrogens with one attached hydrogen (secondary N) is 1. The number of carbonyl (C=O) groups is 1. The number of benzene rings is 1. The van der Waals surface area contributed by atoms with E-state index in [1.165, 1.54) is 17.7 Å². The Morgan fingerprint density at radius 2 is 2.22 bits per heavy atom. The van der Waals surface area contributed by atoms with E-state index in [1.54, 1.807) is 25.3 Å². The second-order valence-electron chi connectivity index (χ2n) is 6.23. The normalized spacial score (nSPS) is 22.3. The summed E-state index contributed by atoms with van der Waals surface area (Å²) < 4.78 is 11.0. The van der Waals surface area contributed by atoms with Crippen molar-refractivity contribution in [1.82, 2.24) is 4.90 Å². The minimum Gasteiger partial charge on any atom is -0.496 e. The lowest BCUT2D eigenvalue weighted by molar-refractivity contribution is -0.906. The van der Waals surface area contributed by atoms with Crippen LogP contribution >= 0.6 is 11.6 Å². The van der Waals surface area contributed by atoms with Gasteiger partial charge in [0.25, 0.3) is 5.91 Å². The maximum Gasteiger partial charge on any atom is 0.258 e. The van der Waals surface area contributed by atoms with Crippen LogP contribution in [0.4, 0.5) is 0 Å². The average Bonchev–Trinajstić information content (AvgIpc) is 3.08. The van der Waals surface area contributed by atoms with E-state index in [0.717, 1.165) is 39.3 Å². The van der Waals surface area contributed by atoms with E-state index in [4.69, 9.17) is 21.1 Å². The number of carbonyl (C=O) groups excluding carboxylic acids is 1. The Bertz CT molecular complexity index is 553. The molecule has 1 atom stereocenters. The van der Waals surface area contributed by atoms with E-state index < -0.39 is 0 Å². The van der Waals surface area contributed by atoms with Crippen LogP contribution in [0.25, 0.3) is 0 Å². The number of halogens is 1. The molecule has 6 heteroatoms. The molecule has 2 aliphatic rings. The standard InChI is InChI=1S/C17H23ClN2O3/c1-22-16-5-4-13(18)11-15(16)17(21)20-8-6-19(7-9-20)12-14-3-2-10-23-14/h4-5,11,14H,2-3,6-10,12H2,1H3/p+1/t14-/m0/s1. The minimum absolute atomic E-state index is 0.000478. The topological polar surface area (TPSA) is 43.2 Å². The summed E-state index contributed by atoms with van der Waals surface area (Å²) in [6, 6.07) is 5.17. The van der Waals surface area contributed by atoms with Gasteiger partial charge in [0.05, 0.1) is 38.9 Å². The summed E-state index contributed by atoms with van der Waals surface area (Å²) in [5.41, 5.74) is 0.544. The van der Waals surface area contributed by atoms with Crippen LogP contribution in [-0.4, -0.2) is 63.4 Å². The van der Waals surface area contributed by atoms with E-state index in [9.17, 15) is 4.79 Å². The fourth-order valence-electron chi connectivity index (χ4n) is 3.38. The molecule has 0 spiro atoms. The average molecular weight is 340 g/mol. The highest BCUT2D eigenvalue weighted by Gasteiger charge is 2.29. The molecule has 2 heterocycles. The zero-order valence-corrected chi connectivity index (χ0v) is 14.3. The lowest BCUT2D eigenvalue weighted by Crippen LogP contribution is -3.15. The Kier molecular flexibility index (Phi) is 5.41. The number of hydrogen-bond donors (Lipinski definition) is 1. The van der Waals surface area contributed by atoms with Crippen molar-refractivity contribution in [2.75, 3.05) is 46.4 Å². The van der Waals surface area contributed by atoms with Gasteiger partial charge in [-0.2, -0.15) is 0 Å². The fourth-order valence-corrected chi connectivity index (χ4v) is 3.55. The summed E-state index contributed by atoms with van der Waals surface area (Å²) in [6.07, 6.45) is 2.75. The van der Waals surface area contributed by atoms with E-state index in [-0.39, 0.29) is 5.91 Å². The first kappa shape index (κ1) is 16.6. The van der Waals surface area contributed by atoms with Crippen molar-refractivity contribution in [2.45, 2.75) is 18.9 Å². The molecule has 1 N–H and O–H groups in total. The van der Waals surface area contributed by atoms with Gasteiger partial charge in [0.2, 0.25) is 0 Å². The summed E-state index contributed by atoms with van der Waals surface area (Å²) >= 11 is 6.03. The zero-order valence-electron chi connectivity index (χ0n) is 13.5. The molecule has 2 fully saturated rings. The molecule has 0 radical (unpaired) electrons. The zero-order chi connectivity index (χ0) is 16.2. The molecule has 2 saturated heterocycles. The second kappa shape index (κ2) is 7.51. The SMILES string of the molecule is COc1ccc(Cl)cc1C(=O)N1CC[NH+](C[C@@H]2CCCO2)CC1. The lowest BCUT2D eigenvalue weighted by Gasteiger charge is -2.33. The van der Waals surface area contributed by atoms with E-state index in [1.807, 2.05) is 4.90 Å². The molecule has 0 aromatic heterocycles. The summed E-state index contributed by atoms with van der Waals surface area (Å²) in [6.45, 7) is 5.41. The molecule has 2 aliphatic heterocycles. The van der Waals surface area contributed by atoms with Crippen LogP contribution in [0.15, 0.2) is 18.2 Å². The first-order valence-corrected chi connectivity index (χ1v) is 8.63.